The summed E-state index contributed by atoms with van der Waals surface area (Å²) in [6.07, 6.45) is 5.39. The summed E-state index contributed by atoms with van der Waals surface area (Å²) in [5, 5.41) is 9.62. The molecule has 8 nitrogen and oxygen atoms in total. The van der Waals surface area contributed by atoms with Crippen LogP contribution in [0, 0.1) is 12.8 Å². The molecule has 1 fully saturated rings. The predicted molar refractivity (Wildman–Crippen MR) is 112 cm³/mol. The van der Waals surface area contributed by atoms with Gasteiger partial charge >= 0.3 is 0 Å². The zero-order valence-corrected chi connectivity index (χ0v) is 16.6. The van der Waals surface area contributed by atoms with Crippen LogP contribution < -0.4 is 15.5 Å². The number of aryl methyl sites for hydroxylation is 1. The van der Waals surface area contributed by atoms with Crippen molar-refractivity contribution in [3.8, 4) is 0 Å². The minimum absolute atomic E-state index is 0.256. The van der Waals surface area contributed by atoms with E-state index >= 15 is 0 Å². The molecular weight excluding hydrogens is 368 g/mol. The molecule has 29 heavy (non-hydrogen) atoms. The second-order valence-corrected chi connectivity index (χ2v) is 7.41. The van der Waals surface area contributed by atoms with Crippen LogP contribution in [0.15, 0.2) is 47.2 Å². The lowest BCUT2D eigenvalue weighted by Gasteiger charge is -2.32. The van der Waals surface area contributed by atoms with Crippen LogP contribution in [-0.4, -0.2) is 34.1 Å². The fourth-order valence-corrected chi connectivity index (χ4v) is 3.28. The fraction of sp³-hybridized carbons (Fsp3) is 0.333. The number of benzene rings is 1. The Morgan fingerprint density at radius 1 is 1.14 bits per heavy atom. The van der Waals surface area contributed by atoms with E-state index in [0.29, 0.717) is 23.1 Å². The molecule has 0 aliphatic carbocycles. The maximum absolute atomic E-state index is 12.5. The smallest absolute Gasteiger partial charge is 0.258 e. The van der Waals surface area contributed by atoms with E-state index in [1.807, 2.05) is 12.1 Å². The van der Waals surface area contributed by atoms with E-state index < -0.39 is 0 Å². The minimum atomic E-state index is -0.256. The van der Waals surface area contributed by atoms with Gasteiger partial charge in [0.05, 0.1) is 5.56 Å². The Bertz CT molecular complexity index is 960. The van der Waals surface area contributed by atoms with Crippen molar-refractivity contribution in [1.82, 2.24) is 15.1 Å². The first-order valence-electron chi connectivity index (χ1n) is 9.75. The third-order valence-electron chi connectivity index (χ3n) is 5.06. The summed E-state index contributed by atoms with van der Waals surface area (Å²) in [4.78, 5) is 23.2. The minimum Gasteiger partial charge on any atom is -0.372 e. The number of rotatable bonds is 5. The normalized spacial score (nSPS) is 14.6. The van der Waals surface area contributed by atoms with Crippen molar-refractivity contribution in [2.24, 2.45) is 5.92 Å². The highest BCUT2D eigenvalue weighted by molar-refractivity contribution is 6.04. The lowest BCUT2D eigenvalue weighted by atomic mass is 9.99. The van der Waals surface area contributed by atoms with Crippen LogP contribution in [0.25, 0.3) is 0 Å². The number of piperidine rings is 1. The molecule has 2 N–H and O–H groups in total. The first kappa shape index (κ1) is 18.9. The Balaban J connectivity index is 1.35. The van der Waals surface area contributed by atoms with Crippen LogP contribution in [0.4, 0.5) is 23.1 Å². The number of amides is 1. The van der Waals surface area contributed by atoms with Crippen molar-refractivity contribution in [2.45, 2.75) is 26.7 Å². The van der Waals surface area contributed by atoms with Crippen molar-refractivity contribution in [3.05, 3.63) is 54.0 Å². The maximum atomic E-state index is 12.5. The summed E-state index contributed by atoms with van der Waals surface area (Å²) in [5.41, 5.74) is 2.31. The molecule has 4 rings (SSSR count). The molecule has 3 aromatic rings. The van der Waals surface area contributed by atoms with Crippen molar-refractivity contribution < 1.29 is 9.32 Å². The predicted octanol–water partition coefficient (Wildman–Crippen LogP) is 4.01. The van der Waals surface area contributed by atoms with Gasteiger partial charge in [0.15, 0.2) is 5.82 Å². The van der Waals surface area contributed by atoms with E-state index in [1.165, 1.54) is 30.9 Å². The standard InChI is InChI=1S/C21H24N6O2/c1-14-7-9-27(10-8-14)18-5-3-17(4-6-18)24-20(28)16-12-22-21(23-13-16)25-19-11-15(2)29-26-19/h3-6,11-14H,7-10H2,1-2H3,(H,24,28)(H,22,23,25,26). The van der Waals surface area contributed by atoms with Crippen LogP contribution in [0.3, 0.4) is 0 Å². The molecule has 1 aliphatic rings. The van der Waals surface area contributed by atoms with Crippen molar-refractivity contribution in [3.63, 3.8) is 0 Å². The Morgan fingerprint density at radius 3 is 2.45 bits per heavy atom. The fourth-order valence-electron chi connectivity index (χ4n) is 3.28. The van der Waals surface area contributed by atoms with Gasteiger partial charge < -0.3 is 20.1 Å². The van der Waals surface area contributed by atoms with Gasteiger partial charge in [0.1, 0.15) is 5.76 Å². The number of anilines is 4. The quantitative estimate of drug-likeness (QED) is 0.677. The molecule has 0 saturated carbocycles. The molecule has 0 bridgehead atoms. The first-order chi connectivity index (χ1) is 14.1. The Kier molecular flexibility index (Phi) is 5.41. The molecular formula is C21H24N6O2. The van der Waals surface area contributed by atoms with Gasteiger partial charge in [-0.15, -0.1) is 0 Å². The number of carbonyl (C=O) groups excluding carboxylic acids is 1. The lowest BCUT2D eigenvalue weighted by molar-refractivity contribution is 0.102. The van der Waals surface area contributed by atoms with Crippen molar-refractivity contribution in [1.29, 1.82) is 0 Å². The SMILES string of the molecule is Cc1cc(Nc2ncc(C(=O)Nc3ccc(N4CCC(C)CC4)cc3)cn2)no1. The number of hydrogen-bond acceptors (Lipinski definition) is 7. The van der Waals surface area contributed by atoms with Gasteiger partial charge in [-0.25, -0.2) is 9.97 Å². The molecule has 0 spiro atoms. The summed E-state index contributed by atoms with van der Waals surface area (Å²) in [7, 11) is 0. The molecule has 1 saturated heterocycles. The van der Waals surface area contributed by atoms with E-state index in [-0.39, 0.29) is 5.91 Å². The van der Waals surface area contributed by atoms with E-state index in [4.69, 9.17) is 4.52 Å². The van der Waals surface area contributed by atoms with Gasteiger partial charge in [-0.3, -0.25) is 4.79 Å². The van der Waals surface area contributed by atoms with Crippen LogP contribution in [-0.2, 0) is 0 Å². The maximum Gasteiger partial charge on any atom is 0.258 e. The Morgan fingerprint density at radius 2 is 1.83 bits per heavy atom. The van der Waals surface area contributed by atoms with Gasteiger partial charge in [0, 0.05) is 42.9 Å². The highest BCUT2D eigenvalue weighted by atomic mass is 16.5. The van der Waals surface area contributed by atoms with Crippen molar-refractivity contribution >= 4 is 29.0 Å². The van der Waals surface area contributed by atoms with Gasteiger partial charge in [0.25, 0.3) is 5.91 Å². The van der Waals surface area contributed by atoms with Gasteiger partial charge in [0.2, 0.25) is 5.95 Å². The molecule has 0 unspecified atom stereocenters. The molecule has 1 aromatic carbocycles. The average Bonchev–Trinajstić information content (AvgIpc) is 3.14. The molecule has 2 aromatic heterocycles. The summed E-state index contributed by atoms with van der Waals surface area (Å²) < 4.78 is 4.98. The van der Waals surface area contributed by atoms with Crippen LogP contribution >= 0.6 is 0 Å². The second-order valence-electron chi connectivity index (χ2n) is 7.41. The largest absolute Gasteiger partial charge is 0.372 e. The summed E-state index contributed by atoms with van der Waals surface area (Å²) in [6.45, 7) is 6.26. The highest BCUT2D eigenvalue weighted by Crippen LogP contribution is 2.24. The molecule has 0 atom stereocenters. The Labute approximate surface area is 169 Å². The van der Waals surface area contributed by atoms with Gasteiger partial charge in [-0.05, 0) is 49.9 Å². The number of aromatic nitrogens is 3. The third-order valence-corrected chi connectivity index (χ3v) is 5.06. The lowest BCUT2D eigenvalue weighted by Crippen LogP contribution is -2.32. The monoisotopic (exact) mass is 392 g/mol. The molecule has 0 radical (unpaired) electrons. The van der Waals surface area contributed by atoms with E-state index in [1.54, 1.807) is 13.0 Å². The molecule has 8 heteroatoms. The van der Waals surface area contributed by atoms with Crippen LogP contribution in [0.5, 0.6) is 0 Å². The number of carbonyl (C=O) groups is 1. The number of nitrogens with zero attached hydrogens (tertiary/aromatic N) is 4. The second kappa shape index (κ2) is 8.30. The molecule has 1 amide bonds. The molecule has 150 valence electrons. The Hall–Kier alpha value is -3.42. The third kappa shape index (κ3) is 4.71. The van der Waals surface area contributed by atoms with E-state index in [9.17, 15) is 4.79 Å². The van der Waals surface area contributed by atoms with Crippen LogP contribution in [0.2, 0.25) is 0 Å². The summed E-state index contributed by atoms with van der Waals surface area (Å²) in [5.74, 6) is 2.09. The van der Waals surface area contributed by atoms with Crippen LogP contribution in [0.1, 0.15) is 35.9 Å². The molecule has 3 heterocycles. The van der Waals surface area contributed by atoms with E-state index in [0.717, 1.165) is 24.7 Å². The van der Waals surface area contributed by atoms with Gasteiger partial charge in [-0.1, -0.05) is 12.1 Å². The average molecular weight is 392 g/mol. The number of hydrogen-bond donors (Lipinski definition) is 2. The zero-order chi connectivity index (χ0) is 20.2. The summed E-state index contributed by atoms with van der Waals surface area (Å²) in [6, 6.07) is 9.69. The highest BCUT2D eigenvalue weighted by Gasteiger charge is 2.16. The topological polar surface area (TPSA) is 96.2 Å². The number of nitrogens with one attached hydrogen (secondary N) is 2. The zero-order valence-electron chi connectivity index (χ0n) is 16.6. The van der Waals surface area contributed by atoms with Gasteiger partial charge in [-0.2, -0.15) is 0 Å². The molecule has 1 aliphatic heterocycles. The van der Waals surface area contributed by atoms with Crippen molar-refractivity contribution in [2.75, 3.05) is 28.6 Å². The first-order valence-corrected chi connectivity index (χ1v) is 9.75. The van der Waals surface area contributed by atoms with E-state index in [2.05, 4.69) is 49.7 Å². The summed E-state index contributed by atoms with van der Waals surface area (Å²) >= 11 is 0.